The van der Waals surface area contributed by atoms with Crippen LogP contribution in [0, 0.1) is 0 Å². The maximum absolute atomic E-state index is 13.1. The molecule has 0 radical (unpaired) electrons. The lowest BCUT2D eigenvalue weighted by Crippen LogP contribution is -2.26. The van der Waals surface area contributed by atoms with E-state index in [4.69, 9.17) is 4.74 Å². The second kappa shape index (κ2) is 9.00. The van der Waals surface area contributed by atoms with Gasteiger partial charge in [0, 0.05) is 25.5 Å². The molecule has 0 saturated heterocycles. The van der Waals surface area contributed by atoms with Crippen molar-refractivity contribution in [1.29, 1.82) is 0 Å². The molecule has 0 bridgehead atoms. The van der Waals surface area contributed by atoms with Crippen LogP contribution in [0.1, 0.15) is 70.1 Å². The van der Waals surface area contributed by atoms with Crippen LogP contribution in [0.2, 0.25) is 0 Å². The number of aryl methyl sites for hydroxylation is 1. The minimum Gasteiger partial charge on any atom is -0.382 e. The summed E-state index contributed by atoms with van der Waals surface area (Å²) in [5.74, 6) is 0.553. The number of para-hydroxylation sites is 2. The number of hydrogen-bond donors (Lipinski definition) is 1. The molecule has 0 saturated carbocycles. The Bertz CT molecular complexity index is 1010. The molecule has 1 aromatic carbocycles. The van der Waals surface area contributed by atoms with E-state index >= 15 is 0 Å². The van der Waals surface area contributed by atoms with Gasteiger partial charge >= 0.3 is 0 Å². The maximum Gasteiger partial charge on any atom is 0.278 e. The second-order valence-corrected chi connectivity index (χ2v) is 8.77. The van der Waals surface area contributed by atoms with Crippen molar-refractivity contribution in [3.63, 3.8) is 0 Å². The van der Waals surface area contributed by atoms with Crippen LogP contribution < -0.4 is 5.32 Å². The molecule has 162 valence electrons. The molecule has 0 spiro atoms. The predicted octanol–water partition coefficient (Wildman–Crippen LogP) is 4.79. The Morgan fingerprint density at radius 3 is 2.60 bits per heavy atom. The number of rotatable bonds is 8. The predicted molar refractivity (Wildman–Crippen MR) is 120 cm³/mol. The van der Waals surface area contributed by atoms with Crippen molar-refractivity contribution in [2.45, 2.75) is 66.0 Å². The first-order valence-corrected chi connectivity index (χ1v) is 10.7. The van der Waals surface area contributed by atoms with Gasteiger partial charge in [0.1, 0.15) is 0 Å². The Labute approximate surface area is 178 Å². The Kier molecular flexibility index (Phi) is 6.61. The third-order valence-corrected chi connectivity index (χ3v) is 4.95. The van der Waals surface area contributed by atoms with Gasteiger partial charge in [0.05, 0.1) is 16.6 Å². The van der Waals surface area contributed by atoms with Crippen LogP contribution in [0.3, 0.4) is 0 Å². The van der Waals surface area contributed by atoms with Gasteiger partial charge in [-0.1, -0.05) is 26.0 Å². The number of carbonyl (C=O) groups is 1. The summed E-state index contributed by atoms with van der Waals surface area (Å²) < 4.78 is 9.45. The van der Waals surface area contributed by atoms with Crippen LogP contribution in [-0.4, -0.2) is 38.5 Å². The molecule has 0 aliphatic heterocycles. The van der Waals surface area contributed by atoms with Crippen molar-refractivity contribution in [3.8, 4) is 0 Å². The summed E-state index contributed by atoms with van der Waals surface area (Å²) in [5, 5.41) is 7.60. The molecule has 0 aliphatic carbocycles. The molecule has 7 nitrogen and oxygen atoms in total. The van der Waals surface area contributed by atoms with Gasteiger partial charge in [0.15, 0.2) is 5.69 Å². The number of carbonyl (C=O) groups excluding carboxylic acids is 1. The summed E-state index contributed by atoms with van der Waals surface area (Å²) in [6.45, 7) is 14.6. The molecular formula is C23H33N5O2. The third-order valence-electron chi connectivity index (χ3n) is 4.95. The van der Waals surface area contributed by atoms with Crippen molar-refractivity contribution in [3.05, 3.63) is 41.7 Å². The van der Waals surface area contributed by atoms with E-state index in [1.165, 1.54) is 0 Å². The van der Waals surface area contributed by atoms with Gasteiger partial charge in [-0.05, 0) is 58.2 Å². The standard InChI is InChI=1S/C23H33N5O2/c1-7-30-14-10-13-27-19-12-9-8-11-17(19)24-22(27)25-21(29)18-15-20(16(2)3)28(26-18)23(4,5)6/h8-9,11-12,15-16H,7,10,13-14H2,1-6H3,(H,24,25,29). The lowest BCUT2D eigenvalue weighted by molar-refractivity contribution is 0.101. The van der Waals surface area contributed by atoms with E-state index in [1.807, 2.05) is 46.5 Å². The number of nitrogens with one attached hydrogen (secondary N) is 1. The van der Waals surface area contributed by atoms with Gasteiger partial charge in [0.2, 0.25) is 5.95 Å². The highest BCUT2D eigenvalue weighted by molar-refractivity contribution is 6.02. The Morgan fingerprint density at radius 1 is 1.23 bits per heavy atom. The van der Waals surface area contributed by atoms with Crippen molar-refractivity contribution in [1.82, 2.24) is 19.3 Å². The molecule has 3 rings (SSSR count). The Balaban J connectivity index is 1.89. The second-order valence-electron chi connectivity index (χ2n) is 8.77. The van der Waals surface area contributed by atoms with E-state index in [0.717, 1.165) is 23.1 Å². The molecule has 2 aromatic heterocycles. The van der Waals surface area contributed by atoms with Crippen molar-refractivity contribution in [2.24, 2.45) is 0 Å². The highest BCUT2D eigenvalue weighted by Gasteiger charge is 2.24. The average Bonchev–Trinajstić information content (AvgIpc) is 3.28. The number of imidazole rings is 1. The zero-order valence-electron chi connectivity index (χ0n) is 18.9. The first-order chi connectivity index (χ1) is 14.2. The molecular weight excluding hydrogens is 378 g/mol. The Morgan fingerprint density at radius 2 is 1.97 bits per heavy atom. The number of hydrogen-bond acceptors (Lipinski definition) is 4. The summed E-state index contributed by atoms with van der Waals surface area (Å²) >= 11 is 0. The summed E-state index contributed by atoms with van der Waals surface area (Å²) in [5.41, 5.74) is 3.09. The maximum atomic E-state index is 13.1. The van der Waals surface area contributed by atoms with E-state index in [2.05, 4.69) is 50.0 Å². The van der Waals surface area contributed by atoms with E-state index in [1.54, 1.807) is 0 Å². The SMILES string of the molecule is CCOCCCn1c(NC(=O)c2cc(C(C)C)n(C(C)(C)C)n2)nc2ccccc21. The zero-order valence-corrected chi connectivity index (χ0v) is 18.9. The molecule has 30 heavy (non-hydrogen) atoms. The van der Waals surface area contributed by atoms with E-state index < -0.39 is 0 Å². The first-order valence-electron chi connectivity index (χ1n) is 10.7. The van der Waals surface area contributed by atoms with Crippen LogP contribution in [0.4, 0.5) is 5.95 Å². The lowest BCUT2D eigenvalue weighted by atomic mass is 10.1. The molecule has 0 unspecified atom stereocenters. The van der Waals surface area contributed by atoms with Crippen molar-refractivity contribution in [2.75, 3.05) is 18.5 Å². The molecule has 1 amide bonds. The monoisotopic (exact) mass is 411 g/mol. The molecule has 7 heteroatoms. The summed E-state index contributed by atoms with van der Waals surface area (Å²) in [7, 11) is 0. The van der Waals surface area contributed by atoms with Gasteiger partial charge in [-0.25, -0.2) is 4.98 Å². The smallest absolute Gasteiger partial charge is 0.278 e. The van der Waals surface area contributed by atoms with E-state index in [0.29, 0.717) is 31.4 Å². The van der Waals surface area contributed by atoms with E-state index in [9.17, 15) is 4.79 Å². The van der Waals surface area contributed by atoms with Gasteiger partial charge in [-0.2, -0.15) is 5.10 Å². The summed E-state index contributed by atoms with van der Waals surface area (Å²) in [4.78, 5) is 17.7. The average molecular weight is 412 g/mol. The number of amides is 1. The Hall–Kier alpha value is -2.67. The summed E-state index contributed by atoms with van der Waals surface area (Å²) in [6, 6.07) is 9.78. The third kappa shape index (κ3) is 4.73. The number of anilines is 1. The number of fused-ring (bicyclic) bond motifs is 1. The zero-order chi connectivity index (χ0) is 21.9. The van der Waals surface area contributed by atoms with Crippen LogP contribution >= 0.6 is 0 Å². The number of benzene rings is 1. The van der Waals surface area contributed by atoms with Gasteiger partial charge in [-0.3, -0.25) is 14.8 Å². The highest BCUT2D eigenvalue weighted by Crippen LogP contribution is 2.25. The topological polar surface area (TPSA) is 74.0 Å². The largest absolute Gasteiger partial charge is 0.382 e. The van der Waals surface area contributed by atoms with Gasteiger partial charge in [0.25, 0.3) is 5.91 Å². The molecule has 2 heterocycles. The van der Waals surface area contributed by atoms with E-state index in [-0.39, 0.29) is 17.4 Å². The fourth-order valence-corrected chi connectivity index (χ4v) is 3.49. The van der Waals surface area contributed by atoms with Crippen LogP contribution in [0.15, 0.2) is 30.3 Å². The minimum atomic E-state index is -0.249. The number of nitrogens with zero attached hydrogens (tertiary/aromatic N) is 4. The van der Waals surface area contributed by atoms with Crippen LogP contribution in [0.25, 0.3) is 11.0 Å². The molecule has 0 fully saturated rings. The highest BCUT2D eigenvalue weighted by atomic mass is 16.5. The molecule has 1 N–H and O–H groups in total. The van der Waals surface area contributed by atoms with Crippen LogP contribution in [0.5, 0.6) is 0 Å². The van der Waals surface area contributed by atoms with Gasteiger partial charge < -0.3 is 9.30 Å². The molecule has 3 aromatic rings. The van der Waals surface area contributed by atoms with Crippen molar-refractivity contribution >= 4 is 22.9 Å². The van der Waals surface area contributed by atoms with Gasteiger partial charge in [-0.15, -0.1) is 0 Å². The lowest BCUT2D eigenvalue weighted by Gasteiger charge is -2.23. The fourth-order valence-electron chi connectivity index (χ4n) is 3.49. The molecule has 0 atom stereocenters. The minimum absolute atomic E-state index is 0.204. The fraction of sp³-hybridized carbons (Fsp3) is 0.522. The number of ether oxygens (including phenoxy) is 1. The quantitative estimate of drug-likeness (QED) is 0.541. The summed E-state index contributed by atoms with van der Waals surface area (Å²) in [6.07, 6.45) is 0.840. The molecule has 0 aliphatic rings. The first kappa shape index (κ1) is 22.0. The van der Waals surface area contributed by atoms with Crippen molar-refractivity contribution < 1.29 is 9.53 Å². The van der Waals surface area contributed by atoms with Crippen LogP contribution in [-0.2, 0) is 16.8 Å². The number of aromatic nitrogens is 4. The normalized spacial score (nSPS) is 12.1.